The Morgan fingerprint density at radius 3 is 2.72 bits per heavy atom. The fourth-order valence-electron chi connectivity index (χ4n) is 3.24. The van der Waals surface area contributed by atoms with Gasteiger partial charge in [0.15, 0.2) is 0 Å². The van der Waals surface area contributed by atoms with Crippen molar-refractivity contribution in [1.82, 2.24) is 14.9 Å². The van der Waals surface area contributed by atoms with E-state index in [0.717, 1.165) is 12.8 Å². The third-order valence-corrected chi connectivity index (χ3v) is 5.03. The number of hydrogen-bond donors (Lipinski definition) is 2. The molecule has 2 heterocycles. The van der Waals surface area contributed by atoms with Gasteiger partial charge in [0.05, 0.1) is 12.9 Å². The van der Waals surface area contributed by atoms with E-state index in [9.17, 15) is 22.8 Å². The Bertz CT molecular complexity index is 1110. The van der Waals surface area contributed by atoms with Crippen molar-refractivity contribution in [1.29, 1.82) is 0 Å². The molecule has 2 N–H and O–H groups in total. The lowest BCUT2D eigenvalue weighted by Crippen LogP contribution is -2.59. The van der Waals surface area contributed by atoms with E-state index in [-0.39, 0.29) is 29.3 Å². The fraction of sp³-hybridized carbons (Fsp3) is 0.350. The van der Waals surface area contributed by atoms with Crippen LogP contribution in [0.25, 0.3) is 0 Å². The van der Waals surface area contributed by atoms with Gasteiger partial charge < -0.3 is 10.6 Å². The topological polar surface area (TPSA) is 76.0 Å². The summed E-state index contributed by atoms with van der Waals surface area (Å²) in [5.41, 5.74) is -2.07. The molecule has 0 unspecified atom stereocenters. The first-order chi connectivity index (χ1) is 13.7. The second-order valence-corrected chi connectivity index (χ2v) is 7.24. The van der Waals surface area contributed by atoms with E-state index in [1.807, 2.05) is 5.32 Å². The maximum Gasteiger partial charge on any atom is 0.427 e. The molecule has 6 nitrogen and oxygen atoms in total. The van der Waals surface area contributed by atoms with Crippen LogP contribution in [-0.4, -0.2) is 21.8 Å². The molecule has 1 atom stereocenters. The smallest absolute Gasteiger partial charge is 0.310 e. The monoisotopic (exact) mass is 402 g/mol. The summed E-state index contributed by atoms with van der Waals surface area (Å²) in [5, 5.41) is 4.44. The predicted molar refractivity (Wildman–Crippen MR) is 99.2 cm³/mol. The molecule has 29 heavy (non-hydrogen) atoms. The Morgan fingerprint density at radius 1 is 1.31 bits per heavy atom. The number of hydrogen-bond acceptors (Lipinski definition) is 3. The van der Waals surface area contributed by atoms with Gasteiger partial charge in [-0.15, -0.1) is 0 Å². The molecule has 1 aromatic heterocycles. The first kappa shape index (κ1) is 19.1. The van der Waals surface area contributed by atoms with Gasteiger partial charge in [0, 0.05) is 29.4 Å². The highest BCUT2D eigenvalue weighted by atomic mass is 19.4. The molecule has 0 bridgehead atoms. The summed E-state index contributed by atoms with van der Waals surface area (Å²) in [6.45, 7) is 1.77. The quantitative estimate of drug-likeness (QED) is 0.759. The van der Waals surface area contributed by atoms with Gasteiger partial charge in [-0.3, -0.25) is 9.36 Å². The molecule has 1 aromatic carbocycles. The Hall–Kier alpha value is -3.28. The van der Waals surface area contributed by atoms with Crippen LogP contribution in [0.1, 0.15) is 29.5 Å². The van der Waals surface area contributed by atoms with Crippen LogP contribution >= 0.6 is 0 Å². The van der Waals surface area contributed by atoms with Crippen LogP contribution in [0.3, 0.4) is 0 Å². The van der Waals surface area contributed by atoms with Crippen molar-refractivity contribution in [3.63, 3.8) is 0 Å². The van der Waals surface area contributed by atoms with Crippen LogP contribution in [0, 0.1) is 24.7 Å². The van der Waals surface area contributed by atoms with Gasteiger partial charge in [-0.25, -0.2) is 9.78 Å². The predicted octanol–water partition coefficient (Wildman–Crippen LogP) is 2.91. The summed E-state index contributed by atoms with van der Waals surface area (Å²) in [6, 6.07) is 3.14. The SMILES string of the molecule is Cc1cc2c(cc1Cn1cnccc1=O)NC(=O)N[C@]2(C#CC1CC1)C(F)(F)F. The van der Waals surface area contributed by atoms with E-state index in [1.54, 1.807) is 6.92 Å². The van der Waals surface area contributed by atoms with Gasteiger partial charge in [0.2, 0.25) is 5.54 Å². The third-order valence-electron chi connectivity index (χ3n) is 5.03. The number of aryl methyl sites for hydroxylation is 1. The lowest BCUT2D eigenvalue weighted by molar-refractivity contribution is -0.178. The van der Waals surface area contributed by atoms with Crippen LogP contribution in [0.2, 0.25) is 0 Å². The molecule has 4 rings (SSSR count). The number of benzene rings is 1. The summed E-state index contributed by atoms with van der Waals surface area (Å²) >= 11 is 0. The highest BCUT2D eigenvalue weighted by Crippen LogP contribution is 2.45. The molecule has 2 amide bonds. The lowest BCUT2D eigenvalue weighted by Gasteiger charge is -2.37. The van der Waals surface area contributed by atoms with Crippen LogP contribution in [0.5, 0.6) is 0 Å². The summed E-state index contributed by atoms with van der Waals surface area (Å²) in [4.78, 5) is 27.9. The van der Waals surface area contributed by atoms with E-state index in [2.05, 4.69) is 22.1 Å². The minimum Gasteiger partial charge on any atom is -0.310 e. The molecular formula is C20H17F3N4O2. The number of anilines is 1. The maximum atomic E-state index is 14.2. The molecule has 9 heteroatoms. The molecule has 2 aromatic rings. The standard InChI is InChI=1S/C20H17F3N4O2/c1-12-8-15-16(9-14(12)10-27-11-24-7-5-17(27)28)25-18(29)26-19(15,20(21,22)23)6-4-13-2-3-13/h5,7-9,11,13H,2-3,10H2,1H3,(H2,25,26,29)/t19-/m0/s1. The van der Waals surface area contributed by atoms with Crippen molar-refractivity contribution in [3.8, 4) is 11.8 Å². The molecule has 0 spiro atoms. The number of carbonyl (C=O) groups is 1. The molecular weight excluding hydrogens is 385 g/mol. The number of alkyl halides is 3. The normalized spacial score (nSPS) is 20.8. The minimum absolute atomic E-state index is 0.0220. The second-order valence-electron chi connectivity index (χ2n) is 7.24. The first-order valence-corrected chi connectivity index (χ1v) is 9.03. The largest absolute Gasteiger partial charge is 0.427 e. The number of halogens is 3. The van der Waals surface area contributed by atoms with E-state index in [1.165, 1.54) is 35.3 Å². The summed E-state index contributed by atoms with van der Waals surface area (Å²) in [7, 11) is 0. The fourth-order valence-corrected chi connectivity index (χ4v) is 3.24. The molecule has 0 radical (unpaired) electrons. The summed E-state index contributed by atoms with van der Waals surface area (Å²) < 4.78 is 43.8. The number of fused-ring (bicyclic) bond motifs is 1. The van der Waals surface area contributed by atoms with Crippen LogP contribution in [0.4, 0.5) is 23.7 Å². The van der Waals surface area contributed by atoms with Gasteiger partial charge >= 0.3 is 12.2 Å². The number of aromatic nitrogens is 2. The summed E-state index contributed by atoms with van der Waals surface area (Å²) in [5.74, 6) is 4.90. The summed E-state index contributed by atoms with van der Waals surface area (Å²) in [6.07, 6.45) is -0.575. The van der Waals surface area contributed by atoms with E-state index >= 15 is 0 Å². The Balaban J connectivity index is 1.84. The zero-order valence-corrected chi connectivity index (χ0v) is 15.4. The zero-order chi connectivity index (χ0) is 20.8. The number of nitrogens with one attached hydrogen (secondary N) is 2. The van der Waals surface area contributed by atoms with Crippen LogP contribution in [-0.2, 0) is 12.1 Å². The van der Waals surface area contributed by atoms with E-state index < -0.39 is 17.7 Å². The second kappa shape index (κ2) is 6.65. The highest BCUT2D eigenvalue weighted by molar-refractivity contribution is 5.95. The van der Waals surface area contributed by atoms with Gasteiger partial charge in [-0.2, -0.15) is 13.2 Å². The van der Waals surface area contributed by atoms with Crippen LogP contribution in [0.15, 0.2) is 35.5 Å². The number of urea groups is 1. The van der Waals surface area contributed by atoms with Crippen molar-refractivity contribution in [3.05, 3.63) is 57.8 Å². The minimum atomic E-state index is -4.81. The number of rotatable bonds is 2. The number of amides is 2. The molecule has 150 valence electrons. The average molecular weight is 402 g/mol. The van der Waals surface area contributed by atoms with E-state index in [4.69, 9.17) is 0 Å². The molecule has 1 aliphatic carbocycles. The van der Waals surface area contributed by atoms with Gasteiger partial charge in [-0.05, 0) is 43.0 Å². The number of nitrogens with zero attached hydrogens (tertiary/aromatic N) is 2. The van der Waals surface area contributed by atoms with Gasteiger partial charge in [-0.1, -0.05) is 11.8 Å². The molecule has 2 aliphatic rings. The van der Waals surface area contributed by atoms with Gasteiger partial charge in [0.25, 0.3) is 5.56 Å². The zero-order valence-electron chi connectivity index (χ0n) is 15.4. The Morgan fingerprint density at radius 2 is 2.07 bits per heavy atom. The van der Waals surface area contributed by atoms with Crippen molar-refractivity contribution in [2.75, 3.05) is 5.32 Å². The van der Waals surface area contributed by atoms with Gasteiger partial charge in [0.1, 0.15) is 0 Å². The molecule has 0 saturated heterocycles. The Kier molecular flexibility index (Phi) is 4.37. The molecule has 1 fully saturated rings. The maximum absolute atomic E-state index is 14.2. The molecule has 1 aliphatic heterocycles. The highest BCUT2D eigenvalue weighted by Gasteiger charge is 2.59. The van der Waals surface area contributed by atoms with Crippen molar-refractivity contribution in [2.45, 2.75) is 38.0 Å². The first-order valence-electron chi connectivity index (χ1n) is 9.03. The van der Waals surface area contributed by atoms with E-state index in [0.29, 0.717) is 11.1 Å². The average Bonchev–Trinajstić information content (AvgIpc) is 3.46. The van der Waals surface area contributed by atoms with Crippen molar-refractivity contribution >= 4 is 11.7 Å². The molecule has 1 saturated carbocycles. The number of carbonyl (C=O) groups excluding carboxylic acids is 1. The lowest BCUT2D eigenvalue weighted by atomic mass is 9.84. The van der Waals surface area contributed by atoms with Crippen molar-refractivity contribution < 1.29 is 18.0 Å². The third kappa shape index (κ3) is 3.46. The van der Waals surface area contributed by atoms with Crippen molar-refractivity contribution in [2.24, 2.45) is 5.92 Å². The Labute approximate surface area is 164 Å². The van der Waals surface area contributed by atoms with Crippen LogP contribution < -0.4 is 16.2 Å².